The molecule has 0 aromatic carbocycles. The van der Waals surface area contributed by atoms with E-state index in [9.17, 15) is 0 Å². The Morgan fingerprint density at radius 1 is 1.46 bits per heavy atom. The van der Waals surface area contributed by atoms with Crippen LogP contribution in [0.1, 0.15) is 18.5 Å². The second-order valence-electron chi connectivity index (χ2n) is 6.47. The number of hydrogen-bond acceptors (Lipinski definition) is 5. The van der Waals surface area contributed by atoms with Gasteiger partial charge in [0.25, 0.3) is 0 Å². The molecule has 6 heteroatoms. The van der Waals surface area contributed by atoms with Crippen molar-refractivity contribution < 1.29 is 4.74 Å². The summed E-state index contributed by atoms with van der Waals surface area (Å²) in [6.45, 7) is 2.94. The number of H-pyrrole nitrogens is 1. The minimum atomic E-state index is 0.395. The van der Waals surface area contributed by atoms with Crippen molar-refractivity contribution in [2.24, 2.45) is 5.92 Å². The van der Waals surface area contributed by atoms with Crippen LogP contribution in [0.4, 0.5) is 0 Å². The van der Waals surface area contributed by atoms with Crippen LogP contribution >= 0.6 is 0 Å². The lowest BCUT2D eigenvalue weighted by Gasteiger charge is -2.29. The van der Waals surface area contributed by atoms with Crippen LogP contribution in [0.15, 0.2) is 24.5 Å². The molecule has 3 aromatic rings. The third kappa shape index (κ3) is 2.68. The van der Waals surface area contributed by atoms with Crippen molar-refractivity contribution in [2.75, 3.05) is 26.7 Å². The highest BCUT2D eigenvalue weighted by atomic mass is 16.5. The summed E-state index contributed by atoms with van der Waals surface area (Å²) in [6, 6.07) is 5.78. The molecule has 1 aliphatic heterocycles. The number of fused-ring (bicyclic) bond motifs is 3. The fraction of sp³-hybridized carbons (Fsp3) is 0.389. The van der Waals surface area contributed by atoms with Gasteiger partial charge in [-0.05, 0) is 38.6 Å². The lowest BCUT2D eigenvalue weighted by molar-refractivity contribution is 0.151. The summed E-state index contributed by atoms with van der Waals surface area (Å²) in [7, 11) is 2.16. The third-order valence-corrected chi connectivity index (χ3v) is 4.65. The highest BCUT2D eigenvalue weighted by molar-refractivity contribution is 6.09. The molecule has 1 saturated heterocycles. The second kappa shape index (κ2) is 6.10. The average Bonchev–Trinajstić information content (AvgIpc) is 2.98. The SMILES string of the molecule is CN1CCC[C@@H](COc2ccnc3[nH]c4cnc(C#N)cc4c23)C1. The summed E-state index contributed by atoms with van der Waals surface area (Å²) in [6.07, 6.45) is 5.85. The van der Waals surface area contributed by atoms with Crippen LogP contribution in [0.2, 0.25) is 0 Å². The van der Waals surface area contributed by atoms with Crippen LogP contribution in [-0.4, -0.2) is 46.6 Å². The quantitative estimate of drug-likeness (QED) is 0.802. The Balaban J connectivity index is 1.68. The van der Waals surface area contributed by atoms with E-state index in [1.54, 1.807) is 18.5 Å². The molecule has 1 N–H and O–H groups in total. The first-order valence-corrected chi connectivity index (χ1v) is 8.22. The van der Waals surface area contributed by atoms with Gasteiger partial charge in [0.05, 0.1) is 23.7 Å². The standard InChI is InChI=1S/C18H19N5O/c1-23-6-2-3-12(10-23)11-24-16-4-5-20-18-17(16)14-7-13(8-19)21-9-15(14)22-18/h4-5,7,9,12H,2-3,6,10-11H2,1H3,(H,20,22)/t12-/m1/s1. The van der Waals surface area contributed by atoms with Crippen LogP contribution in [0.25, 0.3) is 21.9 Å². The fourth-order valence-electron chi connectivity index (χ4n) is 3.49. The van der Waals surface area contributed by atoms with Gasteiger partial charge in [-0.1, -0.05) is 0 Å². The van der Waals surface area contributed by atoms with E-state index in [-0.39, 0.29) is 0 Å². The van der Waals surface area contributed by atoms with Crippen molar-refractivity contribution in [1.29, 1.82) is 5.26 Å². The largest absolute Gasteiger partial charge is 0.492 e. The molecule has 0 aliphatic carbocycles. The number of aromatic nitrogens is 3. The predicted molar refractivity (Wildman–Crippen MR) is 91.8 cm³/mol. The average molecular weight is 321 g/mol. The van der Waals surface area contributed by atoms with E-state index in [0.717, 1.165) is 34.2 Å². The molecular formula is C18H19N5O. The minimum absolute atomic E-state index is 0.395. The molecule has 0 saturated carbocycles. The van der Waals surface area contributed by atoms with Crippen molar-refractivity contribution in [1.82, 2.24) is 19.9 Å². The molecule has 1 atom stereocenters. The molecule has 0 spiro atoms. The van der Waals surface area contributed by atoms with Crippen LogP contribution < -0.4 is 4.74 Å². The number of aromatic amines is 1. The number of likely N-dealkylation sites (tertiary alicyclic amines) is 1. The Morgan fingerprint density at radius 2 is 2.38 bits per heavy atom. The fourth-order valence-corrected chi connectivity index (χ4v) is 3.49. The normalized spacial score (nSPS) is 18.8. The molecule has 3 aromatic heterocycles. The van der Waals surface area contributed by atoms with Crippen LogP contribution in [-0.2, 0) is 0 Å². The first-order valence-electron chi connectivity index (χ1n) is 8.22. The van der Waals surface area contributed by atoms with Gasteiger partial charge >= 0.3 is 0 Å². The molecule has 24 heavy (non-hydrogen) atoms. The number of nitrogens with one attached hydrogen (secondary N) is 1. The van der Waals surface area contributed by atoms with E-state index >= 15 is 0 Å². The van der Waals surface area contributed by atoms with Gasteiger partial charge in [-0.3, -0.25) is 0 Å². The summed E-state index contributed by atoms with van der Waals surface area (Å²) in [5, 5.41) is 11.0. The molecule has 0 bridgehead atoms. The maximum atomic E-state index is 9.10. The maximum Gasteiger partial charge on any atom is 0.142 e. The van der Waals surface area contributed by atoms with E-state index in [0.29, 0.717) is 18.2 Å². The number of piperidine rings is 1. The van der Waals surface area contributed by atoms with Gasteiger partial charge in [0.1, 0.15) is 23.2 Å². The maximum absolute atomic E-state index is 9.10. The summed E-state index contributed by atoms with van der Waals surface area (Å²) < 4.78 is 6.16. The number of hydrogen-bond donors (Lipinski definition) is 1. The van der Waals surface area contributed by atoms with E-state index in [2.05, 4.69) is 33.0 Å². The Morgan fingerprint density at radius 3 is 3.21 bits per heavy atom. The Kier molecular flexibility index (Phi) is 3.79. The van der Waals surface area contributed by atoms with E-state index in [1.807, 2.05) is 6.07 Å². The number of pyridine rings is 2. The zero-order valence-corrected chi connectivity index (χ0v) is 13.6. The third-order valence-electron chi connectivity index (χ3n) is 4.65. The molecule has 0 radical (unpaired) electrons. The first-order chi connectivity index (χ1) is 11.7. The highest BCUT2D eigenvalue weighted by Crippen LogP contribution is 2.32. The molecular weight excluding hydrogens is 302 g/mol. The molecule has 1 aliphatic rings. The van der Waals surface area contributed by atoms with Gasteiger partial charge in [0, 0.05) is 24.0 Å². The van der Waals surface area contributed by atoms with Crippen LogP contribution in [0, 0.1) is 17.2 Å². The molecule has 0 unspecified atom stereocenters. The monoisotopic (exact) mass is 321 g/mol. The van der Waals surface area contributed by atoms with Gasteiger partial charge in [-0.15, -0.1) is 0 Å². The smallest absolute Gasteiger partial charge is 0.142 e. The molecule has 4 heterocycles. The van der Waals surface area contributed by atoms with Crippen molar-refractivity contribution >= 4 is 21.9 Å². The molecule has 0 amide bonds. The zero-order valence-electron chi connectivity index (χ0n) is 13.6. The summed E-state index contributed by atoms with van der Waals surface area (Å²) in [4.78, 5) is 14.1. The second-order valence-corrected chi connectivity index (χ2v) is 6.47. The molecule has 1 fully saturated rings. The van der Waals surface area contributed by atoms with Gasteiger partial charge in [-0.25, -0.2) is 9.97 Å². The minimum Gasteiger partial charge on any atom is -0.492 e. The Labute approximate surface area is 140 Å². The van der Waals surface area contributed by atoms with E-state index < -0.39 is 0 Å². The number of ether oxygens (including phenoxy) is 1. The van der Waals surface area contributed by atoms with Crippen molar-refractivity contribution in [3.63, 3.8) is 0 Å². The number of nitriles is 1. The highest BCUT2D eigenvalue weighted by Gasteiger charge is 2.19. The lowest BCUT2D eigenvalue weighted by Crippen LogP contribution is -2.34. The van der Waals surface area contributed by atoms with Gasteiger partial charge in [-0.2, -0.15) is 5.26 Å². The molecule has 4 rings (SSSR count). The predicted octanol–water partition coefficient (Wildman–Crippen LogP) is 2.70. The summed E-state index contributed by atoms with van der Waals surface area (Å²) in [5.41, 5.74) is 2.03. The van der Waals surface area contributed by atoms with Gasteiger partial charge in [0.15, 0.2) is 0 Å². The zero-order chi connectivity index (χ0) is 16.5. The first kappa shape index (κ1) is 14.9. The topological polar surface area (TPSA) is 77.8 Å². The van der Waals surface area contributed by atoms with Gasteiger partial charge in [0.2, 0.25) is 0 Å². The number of rotatable bonds is 3. The lowest BCUT2D eigenvalue weighted by atomic mass is 9.99. The van der Waals surface area contributed by atoms with E-state index in [1.165, 1.54) is 19.4 Å². The van der Waals surface area contributed by atoms with Crippen LogP contribution in [0.3, 0.4) is 0 Å². The Hall–Kier alpha value is -2.65. The molecule has 6 nitrogen and oxygen atoms in total. The van der Waals surface area contributed by atoms with Gasteiger partial charge < -0.3 is 14.6 Å². The Bertz CT molecular complexity index is 926. The summed E-state index contributed by atoms with van der Waals surface area (Å²) in [5.74, 6) is 1.36. The van der Waals surface area contributed by atoms with E-state index in [4.69, 9.17) is 10.00 Å². The van der Waals surface area contributed by atoms with Crippen LogP contribution in [0.5, 0.6) is 5.75 Å². The van der Waals surface area contributed by atoms with Crippen molar-refractivity contribution in [3.05, 3.63) is 30.2 Å². The van der Waals surface area contributed by atoms with Crippen molar-refractivity contribution in [2.45, 2.75) is 12.8 Å². The number of nitrogens with zero attached hydrogens (tertiary/aromatic N) is 4. The summed E-state index contributed by atoms with van der Waals surface area (Å²) >= 11 is 0. The van der Waals surface area contributed by atoms with Crippen molar-refractivity contribution in [3.8, 4) is 11.8 Å². The molecule has 122 valence electrons.